The first-order chi connectivity index (χ1) is 11.2. The van der Waals surface area contributed by atoms with Gasteiger partial charge in [-0.15, -0.1) is 11.8 Å². The summed E-state index contributed by atoms with van der Waals surface area (Å²) in [6.07, 6.45) is 0.00594. The molecule has 130 valence electrons. The Kier molecular flexibility index (Phi) is 5.45. The van der Waals surface area contributed by atoms with Crippen molar-refractivity contribution < 1.29 is 24.7 Å². The van der Waals surface area contributed by atoms with E-state index in [2.05, 4.69) is 0 Å². The summed E-state index contributed by atoms with van der Waals surface area (Å²) in [5.41, 5.74) is -1.77. The quantitative estimate of drug-likeness (QED) is 0.467. The number of nitro groups is 1. The SMILES string of the molecule is CC(Sc1ccc([N+](=O)[O-])cc1)C(=O)N1CCC(O)(C(=O)O)CC1. The van der Waals surface area contributed by atoms with Crippen molar-refractivity contribution in [1.82, 2.24) is 4.90 Å². The number of carboxylic acids is 1. The number of aliphatic carboxylic acids is 1. The van der Waals surface area contributed by atoms with E-state index in [9.17, 15) is 24.8 Å². The van der Waals surface area contributed by atoms with Crippen molar-refractivity contribution in [1.29, 1.82) is 0 Å². The minimum absolute atomic E-state index is 0.00297. The van der Waals surface area contributed by atoms with Gasteiger partial charge in [-0.3, -0.25) is 14.9 Å². The van der Waals surface area contributed by atoms with E-state index < -0.39 is 21.7 Å². The van der Waals surface area contributed by atoms with E-state index in [-0.39, 0.29) is 37.5 Å². The smallest absolute Gasteiger partial charge is 0.335 e. The molecule has 1 saturated heterocycles. The van der Waals surface area contributed by atoms with Gasteiger partial charge in [0.15, 0.2) is 5.60 Å². The number of thioether (sulfide) groups is 1. The highest BCUT2D eigenvalue weighted by Gasteiger charge is 2.41. The van der Waals surface area contributed by atoms with Crippen molar-refractivity contribution in [2.24, 2.45) is 0 Å². The first-order valence-electron chi connectivity index (χ1n) is 7.38. The number of benzene rings is 1. The lowest BCUT2D eigenvalue weighted by atomic mass is 9.91. The third kappa shape index (κ3) is 4.04. The van der Waals surface area contributed by atoms with Gasteiger partial charge in [-0.05, 0) is 19.1 Å². The van der Waals surface area contributed by atoms with Gasteiger partial charge in [-0.1, -0.05) is 0 Å². The van der Waals surface area contributed by atoms with E-state index in [0.29, 0.717) is 0 Å². The summed E-state index contributed by atoms with van der Waals surface area (Å²) in [6.45, 7) is 2.10. The van der Waals surface area contributed by atoms with E-state index in [1.54, 1.807) is 24.0 Å². The van der Waals surface area contributed by atoms with Gasteiger partial charge in [0.2, 0.25) is 5.91 Å². The maximum Gasteiger partial charge on any atom is 0.335 e. The van der Waals surface area contributed by atoms with Gasteiger partial charge in [0, 0.05) is 43.0 Å². The average Bonchev–Trinajstić information content (AvgIpc) is 2.55. The first kappa shape index (κ1) is 18.2. The number of carbonyl (C=O) groups excluding carboxylic acids is 1. The Balaban J connectivity index is 1.93. The molecule has 1 fully saturated rings. The van der Waals surface area contributed by atoms with Crippen LogP contribution in [0.25, 0.3) is 0 Å². The fourth-order valence-electron chi connectivity index (χ4n) is 2.47. The van der Waals surface area contributed by atoms with E-state index >= 15 is 0 Å². The molecule has 2 rings (SSSR count). The number of carboxylic acid groups (broad SMARTS) is 1. The molecule has 24 heavy (non-hydrogen) atoms. The van der Waals surface area contributed by atoms with E-state index in [4.69, 9.17) is 5.11 Å². The standard InChI is InChI=1S/C15H18N2O6S/c1-10(24-12-4-2-11(3-5-12)17(22)23)13(18)16-8-6-15(21,7-9-16)14(19)20/h2-5,10,21H,6-9H2,1H3,(H,19,20). The molecule has 1 amide bonds. The Hall–Kier alpha value is -2.13. The van der Waals surface area contributed by atoms with Crippen LogP contribution in [-0.4, -0.2) is 55.9 Å². The van der Waals surface area contributed by atoms with Crippen molar-refractivity contribution in [3.63, 3.8) is 0 Å². The third-order valence-corrected chi connectivity index (χ3v) is 5.11. The highest BCUT2D eigenvalue weighted by Crippen LogP contribution is 2.28. The van der Waals surface area contributed by atoms with Gasteiger partial charge in [0.25, 0.3) is 5.69 Å². The molecule has 8 nitrogen and oxygen atoms in total. The molecule has 1 unspecified atom stereocenters. The fraction of sp³-hybridized carbons (Fsp3) is 0.467. The molecule has 9 heteroatoms. The minimum atomic E-state index is -1.76. The van der Waals surface area contributed by atoms with Crippen LogP contribution >= 0.6 is 11.8 Å². The van der Waals surface area contributed by atoms with Gasteiger partial charge in [-0.25, -0.2) is 4.79 Å². The number of carbonyl (C=O) groups is 2. The molecule has 0 bridgehead atoms. The van der Waals surface area contributed by atoms with Crippen molar-refractivity contribution in [3.05, 3.63) is 34.4 Å². The Labute approximate surface area is 142 Å². The lowest BCUT2D eigenvalue weighted by Gasteiger charge is -2.36. The third-order valence-electron chi connectivity index (χ3n) is 4.01. The Bertz CT molecular complexity index is 640. The number of hydrogen-bond acceptors (Lipinski definition) is 6. The molecule has 2 N–H and O–H groups in total. The van der Waals surface area contributed by atoms with Crippen LogP contribution in [-0.2, 0) is 9.59 Å². The van der Waals surface area contributed by atoms with Gasteiger partial charge < -0.3 is 15.1 Å². The van der Waals surface area contributed by atoms with Gasteiger partial charge in [0.1, 0.15) is 0 Å². The lowest BCUT2D eigenvalue weighted by molar-refractivity contribution is -0.384. The van der Waals surface area contributed by atoms with Crippen molar-refractivity contribution in [2.75, 3.05) is 13.1 Å². The first-order valence-corrected chi connectivity index (χ1v) is 8.26. The minimum Gasteiger partial charge on any atom is -0.479 e. The van der Waals surface area contributed by atoms with Crippen molar-refractivity contribution in [3.8, 4) is 0 Å². The number of aliphatic hydroxyl groups is 1. The Morgan fingerprint density at radius 1 is 1.29 bits per heavy atom. The number of amides is 1. The maximum atomic E-state index is 12.4. The summed E-state index contributed by atoms with van der Waals surface area (Å²) in [6, 6.07) is 5.94. The number of rotatable bonds is 5. The summed E-state index contributed by atoms with van der Waals surface area (Å²) >= 11 is 1.28. The highest BCUT2D eigenvalue weighted by atomic mass is 32.2. The van der Waals surface area contributed by atoms with Crippen LogP contribution in [0.5, 0.6) is 0 Å². The maximum absolute atomic E-state index is 12.4. The molecule has 0 aliphatic carbocycles. The number of piperidine rings is 1. The van der Waals surface area contributed by atoms with Crippen LogP contribution in [0.15, 0.2) is 29.2 Å². The molecule has 1 aromatic rings. The van der Waals surface area contributed by atoms with Gasteiger partial charge >= 0.3 is 5.97 Å². The summed E-state index contributed by atoms with van der Waals surface area (Å²) < 4.78 is 0. The van der Waals surface area contributed by atoms with E-state index in [1.807, 2.05) is 0 Å². The largest absolute Gasteiger partial charge is 0.479 e. The summed E-state index contributed by atoms with van der Waals surface area (Å²) in [7, 11) is 0. The number of likely N-dealkylation sites (tertiary alicyclic amines) is 1. The van der Waals surface area contributed by atoms with Crippen LogP contribution in [0.3, 0.4) is 0 Å². The predicted molar refractivity (Wildman–Crippen MR) is 86.8 cm³/mol. The zero-order chi connectivity index (χ0) is 17.9. The number of nitrogens with zero attached hydrogens (tertiary/aromatic N) is 2. The Morgan fingerprint density at radius 3 is 2.29 bits per heavy atom. The lowest BCUT2D eigenvalue weighted by Crippen LogP contribution is -2.52. The van der Waals surface area contributed by atoms with Crippen LogP contribution in [0.1, 0.15) is 19.8 Å². The van der Waals surface area contributed by atoms with Crippen LogP contribution in [0.2, 0.25) is 0 Å². The topological polar surface area (TPSA) is 121 Å². The molecule has 1 atom stereocenters. The zero-order valence-corrected chi connectivity index (χ0v) is 13.9. The molecule has 1 aromatic carbocycles. The van der Waals surface area contributed by atoms with Gasteiger partial charge in [0.05, 0.1) is 10.2 Å². The molecule has 1 aliphatic rings. The number of hydrogen-bond donors (Lipinski definition) is 2. The molecule has 1 heterocycles. The molecule has 0 saturated carbocycles. The fourth-order valence-corrected chi connectivity index (χ4v) is 3.42. The summed E-state index contributed by atoms with van der Waals surface area (Å²) in [5, 5.41) is 29.1. The second-order valence-electron chi connectivity index (χ2n) is 5.67. The van der Waals surface area contributed by atoms with E-state index in [1.165, 1.54) is 23.9 Å². The monoisotopic (exact) mass is 354 g/mol. The molecular weight excluding hydrogens is 336 g/mol. The number of nitro benzene ring substituents is 1. The second kappa shape index (κ2) is 7.18. The summed E-state index contributed by atoms with van der Waals surface area (Å²) in [5.74, 6) is -1.41. The summed E-state index contributed by atoms with van der Waals surface area (Å²) in [4.78, 5) is 35.8. The van der Waals surface area contributed by atoms with Gasteiger partial charge in [-0.2, -0.15) is 0 Å². The van der Waals surface area contributed by atoms with Crippen molar-refractivity contribution >= 4 is 29.3 Å². The van der Waals surface area contributed by atoms with Crippen LogP contribution < -0.4 is 0 Å². The highest BCUT2D eigenvalue weighted by molar-refractivity contribution is 8.00. The van der Waals surface area contributed by atoms with Crippen LogP contribution in [0.4, 0.5) is 5.69 Å². The zero-order valence-electron chi connectivity index (χ0n) is 13.0. The second-order valence-corrected chi connectivity index (χ2v) is 7.09. The molecule has 0 radical (unpaired) electrons. The van der Waals surface area contributed by atoms with E-state index in [0.717, 1.165) is 4.90 Å². The van der Waals surface area contributed by atoms with Crippen LogP contribution in [0, 0.1) is 10.1 Å². The Morgan fingerprint density at radius 2 is 1.83 bits per heavy atom. The molecule has 0 spiro atoms. The predicted octanol–water partition coefficient (Wildman–Crippen LogP) is 1.51. The molecule has 1 aliphatic heterocycles. The normalized spacial score (nSPS) is 18.0. The number of non-ortho nitro benzene ring substituents is 1. The average molecular weight is 354 g/mol. The van der Waals surface area contributed by atoms with Crippen molar-refractivity contribution in [2.45, 2.75) is 35.5 Å². The molecular formula is C15H18N2O6S. The molecule has 0 aromatic heterocycles.